The topological polar surface area (TPSA) is 199 Å². The predicted molar refractivity (Wildman–Crippen MR) is 248 cm³/mol. The van der Waals surface area contributed by atoms with Gasteiger partial charge in [0.15, 0.2) is 9.84 Å². The molecule has 6 rings (SSSR count). The number of sulfone groups is 2. The van der Waals surface area contributed by atoms with Crippen LogP contribution in [-0.4, -0.2) is 108 Å². The van der Waals surface area contributed by atoms with E-state index in [4.69, 9.17) is 9.47 Å². The number of ether oxygens (including phenoxy) is 2. The zero-order chi connectivity index (χ0) is 52.5. The zero-order valence-corrected chi connectivity index (χ0v) is 42.4. The van der Waals surface area contributed by atoms with Crippen molar-refractivity contribution in [1.29, 1.82) is 0 Å². The van der Waals surface area contributed by atoms with Crippen molar-refractivity contribution in [3.8, 4) is 0 Å². The van der Waals surface area contributed by atoms with E-state index < -0.39 is 98.4 Å². The highest BCUT2D eigenvalue weighted by Crippen LogP contribution is 2.41. The number of carbonyl (C=O) groups is 2. The Morgan fingerprint density at radius 3 is 1.30 bits per heavy atom. The predicted octanol–water partition coefficient (Wildman–Crippen LogP) is 9.04. The summed E-state index contributed by atoms with van der Waals surface area (Å²) in [4.78, 5) is 25.3. The summed E-state index contributed by atoms with van der Waals surface area (Å²) in [6, 6.07) is 21.7. The van der Waals surface area contributed by atoms with E-state index in [2.05, 4.69) is 0 Å². The SMILES string of the molecule is CC(C)(C)OC(=O)N1CCC(C(F)(F)S(=O)(=O)c2cccc(F)c2)CC1.CC(C)(C)OC(=O)N1CCC(CS(=O)(=O)c2cccc(F)c2)CC1.O=S(=O)(c1ccccc1)N(F)S(=O)(=O)c1ccccc1. The van der Waals surface area contributed by atoms with Crippen LogP contribution in [0.15, 0.2) is 129 Å². The van der Waals surface area contributed by atoms with Gasteiger partial charge in [-0.15, -0.1) is 4.48 Å². The van der Waals surface area contributed by atoms with Crippen molar-refractivity contribution in [2.45, 2.75) is 103 Å². The Bertz CT molecular complexity index is 2800. The van der Waals surface area contributed by atoms with Gasteiger partial charge in [0.1, 0.15) is 22.8 Å². The summed E-state index contributed by atoms with van der Waals surface area (Å²) in [6.07, 6.45) is -0.190. The van der Waals surface area contributed by atoms with Crippen LogP contribution in [0.25, 0.3) is 0 Å². The summed E-state index contributed by atoms with van der Waals surface area (Å²) in [7, 11) is -18.1. The van der Waals surface area contributed by atoms with Gasteiger partial charge in [-0.05, 0) is 134 Å². The number of piperidine rings is 2. The first kappa shape index (κ1) is 57.4. The molecule has 0 N–H and O–H groups in total. The second-order valence-corrected chi connectivity index (χ2v) is 26.0. The van der Waals surface area contributed by atoms with E-state index in [0.29, 0.717) is 32.0 Å². The molecule has 386 valence electrons. The molecule has 2 aliphatic heterocycles. The lowest BCUT2D eigenvalue weighted by molar-refractivity contribution is -0.0178. The van der Waals surface area contributed by atoms with Gasteiger partial charge in [0, 0.05) is 32.1 Å². The van der Waals surface area contributed by atoms with Gasteiger partial charge >= 0.3 is 17.4 Å². The smallest absolute Gasteiger partial charge is 0.410 e. The molecule has 24 heteroatoms. The van der Waals surface area contributed by atoms with E-state index in [9.17, 15) is 65.3 Å². The van der Waals surface area contributed by atoms with Gasteiger partial charge in [0.25, 0.3) is 20.0 Å². The molecular formula is C46H56F5N3O12S4. The van der Waals surface area contributed by atoms with Crippen molar-refractivity contribution in [3.63, 3.8) is 0 Å². The summed E-state index contributed by atoms with van der Waals surface area (Å²) in [5, 5.41) is -4.05. The first-order valence-electron chi connectivity index (χ1n) is 21.7. The number of carbonyl (C=O) groups excluding carboxylic acids is 2. The molecule has 2 heterocycles. The van der Waals surface area contributed by atoms with E-state index in [-0.39, 0.29) is 48.6 Å². The number of likely N-dealkylation sites (tertiary alicyclic amines) is 2. The summed E-state index contributed by atoms with van der Waals surface area (Å²) in [5.74, 6) is -3.00. The van der Waals surface area contributed by atoms with Crippen LogP contribution in [0.1, 0.15) is 67.2 Å². The lowest BCUT2D eigenvalue weighted by atomic mass is 9.97. The molecule has 0 saturated carbocycles. The number of hydrogen-bond acceptors (Lipinski definition) is 12. The molecule has 0 spiro atoms. The number of sulfonamides is 2. The number of halogens is 5. The molecule has 0 atom stereocenters. The average Bonchev–Trinajstić information content (AvgIpc) is 3.28. The first-order valence-corrected chi connectivity index (χ1v) is 27.7. The Morgan fingerprint density at radius 2 is 0.914 bits per heavy atom. The van der Waals surface area contributed by atoms with Crippen LogP contribution in [-0.2, 0) is 49.2 Å². The number of hydrogen-bond donors (Lipinski definition) is 0. The van der Waals surface area contributed by atoms with Crippen molar-refractivity contribution in [3.05, 3.63) is 121 Å². The minimum Gasteiger partial charge on any atom is -0.444 e. The maximum absolute atomic E-state index is 14.7. The monoisotopic (exact) mass is 1070 g/mol. The van der Waals surface area contributed by atoms with Crippen molar-refractivity contribution in [2.24, 2.45) is 11.8 Å². The quantitative estimate of drug-likeness (QED) is 0.108. The van der Waals surface area contributed by atoms with Crippen LogP contribution in [0, 0.1) is 23.5 Å². The first-order chi connectivity index (χ1) is 32.3. The highest BCUT2D eigenvalue weighted by Gasteiger charge is 2.53. The Kier molecular flexibility index (Phi) is 18.8. The van der Waals surface area contributed by atoms with Crippen LogP contribution >= 0.6 is 0 Å². The lowest BCUT2D eigenvalue weighted by Crippen LogP contribution is -2.47. The van der Waals surface area contributed by atoms with Crippen molar-refractivity contribution < 1.29 is 74.8 Å². The molecular weight excluding hydrogens is 1010 g/mol. The number of benzene rings is 4. The molecule has 2 amide bonds. The fourth-order valence-electron chi connectivity index (χ4n) is 6.89. The molecule has 2 saturated heterocycles. The Balaban J connectivity index is 0.000000230. The Hall–Kier alpha value is -5.17. The van der Waals surface area contributed by atoms with Gasteiger partial charge < -0.3 is 19.3 Å². The minimum atomic E-state index is -5.04. The lowest BCUT2D eigenvalue weighted by Gasteiger charge is -2.36. The van der Waals surface area contributed by atoms with Gasteiger partial charge in [0.2, 0.25) is 9.84 Å². The van der Waals surface area contributed by atoms with Gasteiger partial charge in [-0.1, -0.05) is 48.5 Å². The molecule has 0 radical (unpaired) electrons. The molecule has 2 aliphatic rings. The summed E-state index contributed by atoms with van der Waals surface area (Å²) in [5.41, 5.74) is -1.26. The molecule has 70 heavy (non-hydrogen) atoms. The third-order valence-corrected chi connectivity index (χ3v) is 17.9. The summed E-state index contributed by atoms with van der Waals surface area (Å²) in [6.45, 7) is 11.4. The highest BCUT2D eigenvalue weighted by molar-refractivity contribution is 8.03. The summed E-state index contributed by atoms with van der Waals surface area (Å²) < 4.78 is 176. The van der Waals surface area contributed by atoms with Crippen LogP contribution in [0.2, 0.25) is 0 Å². The van der Waals surface area contributed by atoms with Gasteiger partial charge in [0.05, 0.1) is 29.3 Å². The number of alkyl halides is 2. The molecule has 2 fully saturated rings. The fourth-order valence-corrected chi connectivity index (χ4v) is 13.0. The van der Waals surface area contributed by atoms with Gasteiger partial charge in [-0.2, -0.15) is 8.78 Å². The molecule has 0 aromatic heterocycles. The molecule has 4 aromatic rings. The van der Waals surface area contributed by atoms with E-state index in [1.165, 1.54) is 59.5 Å². The molecule has 0 unspecified atom stereocenters. The minimum absolute atomic E-state index is 0.0112. The molecule has 4 aromatic carbocycles. The number of rotatable bonds is 10. The van der Waals surface area contributed by atoms with E-state index in [0.717, 1.165) is 48.5 Å². The summed E-state index contributed by atoms with van der Waals surface area (Å²) >= 11 is 0. The van der Waals surface area contributed by atoms with Crippen LogP contribution in [0.4, 0.5) is 31.6 Å². The Morgan fingerprint density at radius 1 is 0.557 bits per heavy atom. The third kappa shape index (κ3) is 15.4. The van der Waals surface area contributed by atoms with E-state index >= 15 is 0 Å². The van der Waals surface area contributed by atoms with Crippen molar-refractivity contribution in [2.75, 3.05) is 31.9 Å². The zero-order valence-electron chi connectivity index (χ0n) is 39.2. The maximum Gasteiger partial charge on any atom is 0.410 e. The molecule has 15 nitrogen and oxygen atoms in total. The largest absolute Gasteiger partial charge is 0.444 e. The van der Waals surface area contributed by atoms with Crippen molar-refractivity contribution >= 4 is 51.9 Å². The molecule has 0 bridgehead atoms. The van der Waals surface area contributed by atoms with Crippen LogP contribution in [0.3, 0.4) is 0 Å². The van der Waals surface area contributed by atoms with Crippen LogP contribution in [0.5, 0.6) is 0 Å². The number of nitrogens with zero attached hydrogens (tertiary/aromatic N) is 3. The second-order valence-electron chi connectivity index (χ2n) is 18.2. The maximum atomic E-state index is 14.7. The van der Waals surface area contributed by atoms with E-state index in [1.807, 2.05) is 20.8 Å². The third-order valence-electron chi connectivity index (χ3n) is 10.4. The van der Waals surface area contributed by atoms with Crippen LogP contribution < -0.4 is 0 Å². The van der Waals surface area contributed by atoms with E-state index in [1.54, 1.807) is 25.7 Å². The average molecular weight is 1070 g/mol. The standard InChI is InChI=1S/C17H22F3NO4S.C17H24FNO4S.C12H10FNO4S2/c1-16(2,3)25-15(22)21-9-7-12(8-10-21)17(19,20)26(23,24)14-6-4-5-13(18)11-14;1-17(2,3)23-16(20)19-9-7-13(8-10-19)12-24(21,22)15-6-4-5-14(18)11-15;13-14(19(15,16)11-7-3-1-4-8-11)20(17,18)12-9-5-2-6-10-12/h4-6,11-12H,7-10H2,1-3H3;4-6,11,13H,7-10,12H2,1-3H3;1-10H. The second kappa shape index (κ2) is 22.9. The Labute approximate surface area is 406 Å². The van der Waals surface area contributed by atoms with Gasteiger partial charge in [-0.25, -0.2) is 52.0 Å². The van der Waals surface area contributed by atoms with Gasteiger partial charge in [-0.3, -0.25) is 0 Å². The fraction of sp³-hybridized carbons (Fsp3) is 0.435. The normalized spacial score (nSPS) is 15.8. The highest BCUT2D eigenvalue weighted by atomic mass is 32.3. The number of amides is 2. The molecule has 0 aliphatic carbocycles. The van der Waals surface area contributed by atoms with Crippen molar-refractivity contribution in [1.82, 2.24) is 13.7 Å².